The van der Waals surface area contributed by atoms with E-state index in [1.54, 1.807) is 18.5 Å². The average molecular weight is 375 g/mol. The van der Waals surface area contributed by atoms with Crippen molar-refractivity contribution in [1.82, 2.24) is 25.3 Å². The fourth-order valence-electron chi connectivity index (χ4n) is 2.87. The van der Waals surface area contributed by atoms with Crippen molar-refractivity contribution >= 4 is 28.1 Å². The van der Waals surface area contributed by atoms with Crippen molar-refractivity contribution in [1.29, 1.82) is 0 Å². The number of nitrogens with zero attached hydrogens (tertiary/aromatic N) is 4. The van der Waals surface area contributed by atoms with Crippen LogP contribution in [-0.2, 0) is 6.54 Å². The summed E-state index contributed by atoms with van der Waals surface area (Å²) in [6.07, 6.45) is 3.37. The minimum atomic E-state index is -0.137. The molecule has 3 aromatic heterocycles. The molecule has 7 heteroatoms. The van der Waals surface area contributed by atoms with Gasteiger partial charge in [-0.2, -0.15) is 0 Å². The van der Waals surface area contributed by atoms with E-state index >= 15 is 0 Å². The molecule has 3 heterocycles. The Morgan fingerprint density at radius 1 is 1.11 bits per heavy atom. The minimum absolute atomic E-state index is 0.137. The fourth-order valence-corrected chi connectivity index (χ4v) is 3.64. The third-order valence-corrected chi connectivity index (χ3v) is 5.04. The number of para-hydroxylation sites is 1. The number of amides is 1. The van der Waals surface area contributed by atoms with Crippen LogP contribution < -0.4 is 5.32 Å². The van der Waals surface area contributed by atoms with Gasteiger partial charge in [0.25, 0.3) is 5.91 Å². The summed E-state index contributed by atoms with van der Waals surface area (Å²) in [6.45, 7) is 4.24. The standard InChI is InChI=1S/C20H17N5OS/c1-12-5-3-6-15-16(9-13(2)24-17(12)15)19(26)23-10-14-11-27-20(25-14)18-21-7-4-8-22-18/h3-9,11H,10H2,1-2H3,(H,23,26). The van der Waals surface area contributed by atoms with Crippen molar-refractivity contribution in [2.75, 3.05) is 0 Å². The van der Waals surface area contributed by atoms with Gasteiger partial charge < -0.3 is 5.32 Å². The van der Waals surface area contributed by atoms with Gasteiger partial charge in [0, 0.05) is 28.9 Å². The monoisotopic (exact) mass is 375 g/mol. The van der Waals surface area contributed by atoms with E-state index in [4.69, 9.17) is 0 Å². The molecule has 27 heavy (non-hydrogen) atoms. The molecule has 1 aromatic carbocycles. The molecular formula is C20H17N5OS. The second-order valence-corrected chi connectivity index (χ2v) is 7.04. The Kier molecular flexibility index (Phi) is 4.60. The quantitative estimate of drug-likeness (QED) is 0.588. The van der Waals surface area contributed by atoms with Crippen molar-refractivity contribution in [2.45, 2.75) is 20.4 Å². The zero-order valence-corrected chi connectivity index (χ0v) is 15.7. The van der Waals surface area contributed by atoms with Gasteiger partial charge in [-0.05, 0) is 31.5 Å². The molecular weight excluding hydrogens is 358 g/mol. The van der Waals surface area contributed by atoms with Crippen LogP contribution in [0, 0.1) is 13.8 Å². The first-order valence-electron chi connectivity index (χ1n) is 8.49. The number of rotatable bonds is 4. The number of aryl methyl sites for hydroxylation is 2. The third-order valence-electron chi connectivity index (χ3n) is 4.15. The minimum Gasteiger partial charge on any atom is -0.346 e. The Bertz CT molecular complexity index is 1120. The number of aromatic nitrogens is 4. The van der Waals surface area contributed by atoms with Gasteiger partial charge in [0.05, 0.1) is 23.3 Å². The zero-order chi connectivity index (χ0) is 18.8. The molecule has 0 radical (unpaired) electrons. The molecule has 0 aliphatic heterocycles. The smallest absolute Gasteiger partial charge is 0.252 e. The fraction of sp³-hybridized carbons (Fsp3) is 0.150. The molecule has 0 bridgehead atoms. The lowest BCUT2D eigenvalue weighted by molar-refractivity contribution is 0.0952. The van der Waals surface area contributed by atoms with Gasteiger partial charge in [-0.25, -0.2) is 15.0 Å². The second-order valence-electron chi connectivity index (χ2n) is 6.18. The maximum atomic E-state index is 12.8. The van der Waals surface area contributed by atoms with Crippen LogP contribution in [0.3, 0.4) is 0 Å². The van der Waals surface area contributed by atoms with Crippen LogP contribution in [0.2, 0.25) is 0 Å². The largest absolute Gasteiger partial charge is 0.346 e. The second kappa shape index (κ2) is 7.20. The van der Waals surface area contributed by atoms with Crippen LogP contribution in [0.4, 0.5) is 0 Å². The van der Waals surface area contributed by atoms with Crippen LogP contribution >= 0.6 is 11.3 Å². The highest BCUT2D eigenvalue weighted by molar-refractivity contribution is 7.13. The molecule has 1 amide bonds. The van der Waals surface area contributed by atoms with Crippen molar-refractivity contribution in [3.63, 3.8) is 0 Å². The molecule has 4 aromatic rings. The molecule has 0 aliphatic rings. The molecule has 0 aliphatic carbocycles. The van der Waals surface area contributed by atoms with Gasteiger partial charge in [-0.1, -0.05) is 18.2 Å². The van der Waals surface area contributed by atoms with Crippen molar-refractivity contribution in [3.8, 4) is 10.8 Å². The number of nitrogens with one attached hydrogen (secondary N) is 1. The lowest BCUT2D eigenvalue weighted by atomic mass is 10.0. The molecule has 0 unspecified atom stereocenters. The SMILES string of the molecule is Cc1cc(C(=O)NCc2csc(-c3ncccn3)n2)c2cccc(C)c2n1. The summed E-state index contributed by atoms with van der Waals surface area (Å²) in [5.41, 5.74) is 4.14. The van der Waals surface area contributed by atoms with E-state index in [-0.39, 0.29) is 5.91 Å². The summed E-state index contributed by atoms with van der Waals surface area (Å²) in [5, 5.41) is 6.46. The first-order chi connectivity index (χ1) is 13.1. The molecule has 0 fully saturated rings. The number of pyridine rings is 1. The molecule has 1 N–H and O–H groups in total. The zero-order valence-electron chi connectivity index (χ0n) is 14.9. The lowest BCUT2D eigenvalue weighted by Crippen LogP contribution is -2.23. The summed E-state index contributed by atoms with van der Waals surface area (Å²) in [4.78, 5) is 30.3. The first-order valence-corrected chi connectivity index (χ1v) is 9.37. The Morgan fingerprint density at radius 3 is 2.74 bits per heavy atom. The molecule has 0 atom stereocenters. The number of thiazole rings is 1. The molecule has 0 saturated heterocycles. The molecule has 134 valence electrons. The van der Waals surface area contributed by atoms with E-state index in [1.165, 1.54) is 11.3 Å². The summed E-state index contributed by atoms with van der Waals surface area (Å²) in [7, 11) is 0. The van der Waals surface area contributed by atoms with Crippen molar-refractivity contribution in [3.05, 3.63) is 70.6 Å². The Balaban J connectivity index is 1.55. The number of hydrogen-bond acceptors (Lipinski definition) is 6. The Morgan fingerprint density at radius 2 is 1.93 bits per heavy atom. The molecule has 0 spiro atoms. The van der Waals surface area contributed by atoms with Gasteiger partial charge in [-0.3, -0.25) is 9.78 Å². The molecule has 0 saturated carbocycles. The number of benzene rings is 1. The van der Waals surface area contributed by atoms with Crippen LogP contribution in [0.25, 0.3) is 21.7 Å². The number of fused-ring (bicyclic) bond motifs is 1. The van der Waals surface area contributed by atoms with Gasteiger partial charge in [0.1, 0.15) is 0 Å². The van der Waals surface area contributed by atoms with E-state index in [9.17, 15) is 4.79 Å². The summed E-state index contributed by atoms with van der Waals surface area (Å²) < 4.78 is 0. The van der Waals surface area contributed by atoms with E-state index in [0.717, 1.165) is 32.9 Å². The van der Waals surface area contributed by atoms with E-state index < -0.39 is 0 Å². The summed E-state index contributed by atoms with van der Waals surface area (Å²) in [5.74, 6) is 0.452. The number of carbonyl (C=O) groups is 1. The van der Waals surface area contributed by atoms with Crippen LogP contribution in [-0.4, -0.2) is 25.8 Å². The third kappa shape index (κ3) is 3.54. The first kappa shape index (κ1) is 17.2. The summed E-state index contributed by atoms with van der Waals surface area (Å²) in [6, 6.07) is 9.46. The highest BCUT2D eigenvalue weighted by atomic mass is 32.1. The predicted molar refractivity (Wildman–Crippen MR) is 106 cm³/mol. The average Bonchev–Trinajstić information content (AvgIpc) is 3.16. The van der Waals surface area contributed by atoms with Gasteiger partial charge in [0.15, 0.2) is 10.8 Å². The highest BCUT2D eigenvalue weighted by Gasteiger charge is 2.14. The topological polar surface area (TPSA) is 80.7 Å². The molecule has 4 rings (SSSR count). The highest BCUT2D eigenvalue weighted by Crippen LogP contribution is 2.22. The van der Waals surface area contributed by atoms with Crippen LogP contribution in [0.1, 0.15) is 27.3 Å². The van der Waals surface area contributed by atoms with Crippen molar-refractivity contribution < 1.29 is 4.79 Å². The van der Waals surface area contributed by atoms with Gasteiger partial charge in [0.2, 0.25) is 0 Å². The number of carbonyl (C=O) groups excluding carboxylic acids is 1. The van der Waals surface area contributed by atoms with E-state index in [0.29, 0.717) is 17.9 Å². The normalized spacial score (nSPS) is 10.9. The maximum absolute atomic E-state index is 12.8. The van der Waals surface area contributed by atoms with Gasteiger partial charge >= 0.3 is 0 Å². The Labute approximate surface area is 160 Å². The van der Waals surface area contributed by atoms with Crippen LogP contribution in [0.15, 0.2) is 48.1 Å². The van der Waals surface area contributed by atoms with E-state index in [2.05, 4.69) is 25.3 Å². The number of hydrogen-bond donors (Lipinski definition) is 1. The van der Waals surface area contributed by atoms with Crippen molar-refractivity contribution in [2.24, 2.45) is 0 Å². The van der Waals surface area contributed by atoms with Gasteiger partial charge in [-0.15, -0.1) is 11.3 Å². The molecule has 6 nitrogen and oxygen atoms in total. The lowest BCUT2D eigenvalue weighted by Gasteiger charge is -2.09. The summed E-state index contributed by atoms with van der Waals surface area (Å²) >= 11 is 1.46. The predicted octanol–water partition coefficient (Wildman–Crippen LogP) is 3.70. The van der Waals surface area contributed by atoms with Crippen LogP contribution in [0.5, 0.6) is 0 Å². The maximum Gasteiger partial charge on any atom is 0.252 e. The Hall–Kier alpha value is -3.19. The van der Waals surface area contributed by atoms with E-state index in [1.807, 2.05) is 43.5 Å².